The molecule has 1 rings (SSSR count). The monoisotopic (exact) mass is 260 g/mol. The molecule has 0 saturated heterocycles. The lowest BCUT2D eigenvalue weighted by atomic mass is 10.3. The SMILES string of the molecule is CCCCNS(=O)(=O)c1n[nH]c(C)c1CNC. The van der Waals surface area contributed by atoms with E-state index in [2.05, 4.69) is 20.2 Å². The average molecular weight is 260 g/mol. The normalized spacial score (nSPS) is 11.9. The topological polar surface area (TPSA) is 86.9 Å². The van der Waals surface area contributed by atoms with Crippen LogP contribution < -0.4 is 10.0 Å². The first-order valence-corrected chi connectivity index (χ1v) is 7.19. The number of unbranched alkanes of at least 4 members (excludes halogenated alkanes) is 1. The summed E-state index contributed by atoms with van der Waals surface area (Å²) in [6.07, 6.45) is 1.77. The molecule has 0 bridgehead atoms. The molecule has 6 nitrogen and oxygen atoms in total. The highest BCUT2D eigenvalue weighted by atomic mass is 32.2. The fourth-order valence-electron chi connectivity index (χ4n) is 1.49. The van der Waals surface area contributed by atoms with Crippen molar-refractivity contribution in [3.63, 3.8) is 0 Å². The van der Waals surface area contributed by atoms with Crippen LogP contribution in [0, 0.1) is 6.92 Å². The molecular weight excluding hydrogens is 240 g/mol. The van der Waals surface area contributed by atoms with E-state index in [0.717, 1.165) is 18.5 Å². The third-order valence-corrected chi connectivity index (χ3v) is 3.90. The zero-order valence-corrected chi connectivity index (χ0v) is 11.3. The van der Waals surface area contributed by atoms with Crippen molar-refractivity contribution in [2.75, 3.05) is 13.6 Å². The second-order valence-corrected chi connectivity index (χ2v) is 5.60. The van der Waals surface area contributed by atoms with Gasteiger partial charge in [-0.3, -0.25) is 5.10 Å². The average Bonchev–Trinajstić information content (AvgIpc) is 2.62. The number of aromatic nitrogens is 2. The van der Waals surface area contributed by atoms with Crippen LogP contribution in [0.15, 0.2) is 5.03 Å². The Labute approximate surface area is 102 Å². The van der Waals surface area contributed by atoms with Gasteiger partial charge in [0.05, 0.1) is 0 Å². The summed E-state index contributed by atoms with van der Waals surface area (Å²) in [5.41, 5.74) is 1.46. The minimum absolute atomic E-state index is 0.0976. The van der Waals surface area contributed by atoms with E-state index in [4.69, 9.17) is 0 Å². The third-order valence-electron chi connectivity index (χ3n) is 2.47. The molecule has 1 heterocycles. The zero-order valence-electron chi connectivity index (χ0n) is 10.5. The Morgan fingerprint density at radius 3 is 2.71 bits per heavy atom. The van der Waals surface area contributed by atoms with Crippen LogP contribution in [-0.4, -0.2) is 32.2 Å². The number of hydrogen-bond acceptors (Lipinski definition) is 4. The first kappa shape index (κ1) is 14.1. The van der Waals surface area contributed by atoms with Gasteiger partial charge in [0.15, 0.2) is 5.03 Å². The maximum absolute atomic E-state index is 12.0. The molecule has 0 aliphatic rings. The number of H-pyrrole nitrogens is 1. The minimum Gasteiger partial charge on any atom is -0.316 e. The van der Waals surface area contributed by atoms with Crippen LogP contribution in [0.4, 0.5) is 0 Å². The molecule has 0 saturated carbocycles. The highest BCUT2D eigenvalue weighted by Crippen LogP contribution is 2.15. The molecule has 0 fully saturated rings. The summed E-state index contributed by atoms with van der Waals surface area (Å²) in [4.78, 5) is 0. The van der Waals surface area contributed by atoms with Crippen molar-refractivity contribution in [1.82, 2.24) is 20.2 Å². The predicted octanol–water partition coefficient (Wildman–Crippen LogP) is 0.516. The van der Waals surface area contributed by atoms with E-state index in [1.807, 2.05) is 13.8 Å². The van der Waals surface area contributed by atoms with E-state index in [1.54, 1.807) is 7.05 Å². The van der Waals surface area contributed by atoms with Gasteiger partial charge in [-0.05, 0) is 20.4 Å². The number of sulfonamides is 1. The minimum atomic E-state index is -3.50. The van der Waals surface area contributed by atoms with Gasteiger partial charge in [-0.1, -0.05) is 13.3 Å². The number of nitrogens with zero attached hydrogens (tertiary/aromatic N) is 1. The highest BCUT2D eigenvalue weighted by molar-refractivity contribution is 7.89. The molecule has 0 aliphatic heterocycles. The molecule has 1 aromatic heterocycles. The van der Waals surface area contributed by atoms with Gasteiger partial charge in [0.2, 0.25) is 0 Å². The van der Waals surface area contributed by atoms with Crippen molar-refractivity contribution in [3.8, 4) is 0 Å². The molecular formula is C10H20N4O2S. The molecule has 98 valence electrons. The fourth-order valence-corrected chi connectivity index (χ4v) is 2.75. The molecule has 7 heteroatoms. The van der Waals surface area contributed by atoms with Crippen LogP contribution in [-0.2, 0) is 16.6 Å². The summed E-state index contributed by atoms with van der Waals surface area (Å²) in [5, 5.41) is 9.61. The summed E-state index contributed by atoms with van der Waals surface area (Å²) in [5.74, 6) is 0. The lowest BCUT2D eigenvalue weighted by Gasteiger charge is -2.06. The van der Waals surface area contributed by atoms with Gasteiger partial charge in [-0.2, -0.15) is 5.10 Å². The Bertz CT molecular complexity index is 453. The van der Waals surface area contributed by atoms with Gasteiger partial charge in [-0.15, -0.1) is 0 Å². The lowest BCUT2D eigenvalue weighted by Crippen LogP contribution is -2.26. The molecule has 1 aromatic rings. The third kappa shape index (κ3) is 3.52. The predicted molar refractivity (Wildman–Crippen MR) is 66.2 cm³/mol. The van der Waals surface area contributed by atoms with Crippen molar-refractivity contribution in [1.29, 1.82) is 0 Å². The Hall–Kier alpha value is -0.920. The number of aromatic amines is 1. The van der Waals surface area contributed by atoms with Crippen LogP contribution >= 0.6 is 0 Å². The van der Waals surface area contributed by atoms with Gasteiger partial charge >= 0.3 is 0 Å². The summed E-state index contributed by atoms with van der Waals surface area (Å²) in [6, 6.07) is 0. The first-order chi connectivity index (χ1) is 8.03. The molecule has 17 heavy (non-hydrogen) atoms. The van der Waals surface area contributed by atoms with Crippen molar-refractivity contribution in [2.45, 2.75) is 38.3 Å². The summed E-state index contributed by atoms with van der Waals surface area (Å²) < 4.78 is 26.5. The van der Waals surface area contributed by atoms with E-state index in [1.165, 1.54) is 0 Å². The van der Waals surface area contributed by atoms with Crippen LogP contribution in [0.2, 0.25) is 0 Å². The summed E-state index contributed by atoms with van der Waals surface area (Å²) in [7, 11) is -1.73. The van der Waals surface area contributed by atoms with Crippen molar-refractivity contribution in [3.05, 3.63) is 11.3 Å². The second-order valence-electron chi connectivity index (χ2n) is 3.91. The largest absolute Gasteiger partial charge is 0.316 e. The second kappa shape index (κ2) is 6.13. The quantitative estimate of drug-likeness (QED) is 0.624. The Balaban J connectivity index is 2.90. The molecule has 3 N–H and O–H groups in total. The van der Waals surface area contributed by atoms with Gasteiger partial charge in [0.1, 0.15) is 0 Å². The molecule has 0 aliphatic carbocycles. The van der Waals surface area contributed by atoms with Crippen LogP contribution in [0.3, 0.4) is 0 Å². The van der Waals surface area contributed by atoms with Gasteiger partial charge in [0.25, 0.3) is 10.0 Å². The van der Waals surface area contributed by atoms with Gasteiger partial charge < -0.3 is 5.32 Å². The maximum Gasteiger partial charge on any atom is 0.260 e. The van der Waals surface area contributed by atoms with Crippen molar-refractivity contribution >= 4 is 10.0 Å². The molecule has 0 amide bonds. The Morgan fingerprint density at radius 1 is 1.41 bits per heavy atom. The van der Waals surface area contributed by atoms with Crippen LogP contribution in [0.1, 0.15) is 31.0 Å². The van der Waals surface area contributed by atoms with Crippen molar-refractivity contribution in [2.24, 2.45) is 0 Å². The van der Waals surface area contributed by atoms with E-state index in [9.17, 15) is 8.42 Å². The molecule has 0 atom stereocenters. The van der Waals surface area contributed by atoms with Gasteiger partial charge in [-0.25, -0.2) is 13.1 Å². The zero-order chi connectivity index (χ0) is 12.9. The summed E-state index contributed by atoms with van der Waals surface area (Å²) >= 11 is 0. The van der Waals surface area contributed by atoms with Gasteiger partial charge in [0, 0.05) is 24.3 Å². The summed E-state index contributed by atoms with van der Waals surface area (Å²) in [6.45, 7) is 4.75. The Kier molecular flexibility index (Phi) is 5.10. The first-order valence-electron chi connectivity index (χ1n) is 5.71. The lowest BCUT2D eigenvalue weighted by molar-refractivity contribution is 0.572. The van der Waals surface area contributed by atoms with E-state index < -0.39 is 10.0 Å². The van der Waals surface area contributed by atoms with Crippen molar-refractivity contribution < 1.29 is 8.42 Å². The number of nitrogens with one attached hydrogen (secondary N) is 3. The number of hydrogen-bond donors (Lipinski definition) is 3. The number of aryl methyl sites for hydroxylation is 1. The van der Waals surface area contributed by atoms with Crippen LogP contribution in [0.5, 0.6) is 0 Å². The van der Waals surface area contributed by atoms with Crippen LogP contribution in [0.25, 0.3) is 0 Å². The molecule has 0 aromatic carbocycles. The standard InChI is InChI=1S/C10H20N4O2S/c1-4-5-6-12-17(15,16)10-9(7-11-3)8(2)13-14-10/h11-12H,4-7H2,1-3H3,(H,13,14). The molecule has 0 spiro atoms. The number of rotatable bonds is 7. The van der Waals surface area contributed by atoms with E-state index in [-0.39, 0.29) is 5.03 Å². The van der Waals surface area contributed by atoms with E-state index in [0.29, 0.717) is 18.7 Å². The molecule has 0 unspecified atom stereocenters. The maximum atomic E-state index is 12.0. The fraction of sp³-hybridized carbons (Fsp3) is 0.700. The smallest absolute Gasteiger partial charge is 0.260 e. The van der Waals surface area contributed by atoms with E-state index >= 15 is 0 Å². The Morgan fingerprint density at radius 2 is 2.12 bits per heavy atom. The molecule has 0 radical (unpaired) electrons. The highest BCUT2D eigenvalue weighted by Gasteiger charge is 2.22.